The van der Waals surface area contributed by atoms with Crippen LogP contribution < -0.4 is 5.32 Å². The first-order valence-electron chi connectivity index (χ1n) is 8.78. The molecule has 0 aliphatic heterocycles. The summed E-state index contributed by atoms with van der Waals surface area (Å²) in [6.07, 6.45) is 0.0628. The average molecular weight is 345 g/mol. The first kappa shape index (κ1) is 17.9. The average Bonchev–Trinajstić information content (AvgIpc) is 2.67. The van der Waals surface area contributed by atoms with E-state index in [2.05, 4.69) is 60.8 Å². The quantitative estimate of drug-likeness (QED) is 0.626. The zero-order valence-corrected chi connectivity index (χ0v) is 14.9. The molecule has 0 bridgehead atoms. The largest absolute Gasteiger partial charge is 0.481 e. The summed E-state index contributed by atoms with van der Waals surface area (Å²) in [6.45, 7) is 2.43. The van der Waals surface area contributed by atoms with Crippen LogP contribution in [0.1, 0.15) is 28.7 Å². The molecule has 0 aliphatic rings. The lowest BCUT2D eigenvalue weighted by Gasteiger charge is -2.37. The van der Waals surface area contributed by atoms with Gasteiger partial charge in [-0.25, -0.2) is 0 Å². The van der Waals surface area contributed by atoms with Crippen molar-refractivity contribution in [2.45, 2.75) is 18.9 Å². The molecule has 0 aliphatic carbocycles. The summed E-state index contributed by atoms with van der Waals surface area (Å²) in [4.78, 5) is 11.1. The molecule has 0 amide bonds. The van der Waals surface area contributed by atoms with Gasteiger partial charge < -0.3 is 5.11 Å². The van der Waals surface area contributed by atoms with Crippen molar-refractivity contribution in [3.05, 3.63) is 107 Å². The minimum Gasteiger partial charge on any atom is -0.481 e. The summed E-state index contributed by atoms with van der Waals surface area (Å²) < 4.78 is 0. The van der Waals surface area contributed by atoms with Crippen LogP contribution in [-0.4, -0.2) is 17.6 Å². The molecule has 0 unspecified atom stereocenters. The van der Waals surface area contributed by atoms with Crippen LogP contribution in [-0.2, 0) is 10.3 Å². The van der Waals surface area contributed by atoms with Gasteiger partial charge in [-0.05, 0) is 23.6 Å². The third kappa shape index (κ3) is 3.68. The molecule has 0 radical (unpaired) electrons. The topological polar surface area (TPSA) is 49.3 Å². The Balaban J connectivity index is 2.19. The van der Waals surface area contributed by atoms with Crippen LogP contribution in [0.25, 0.3) is 0 Å². The zero-order chi connectivity index (χ0) is 18.4. The maximum Gasteiger partial charge on any atom is 0.304 e. The van der Waals surface area contributed by atoms with Gasteiger partial charge in [0, 0.05) is 6.54 Å². The summed E-state index contributed by atoms with van der Waals surface area (Å²) in [5.41, 5.74) is 3.84. The first-order chi connectivity index (χ1) is 12.6. The van der Waals surface area contributed by atoms with Crippen LogP contribution >= 0.6 is 0 Å². The molecular formula is C23H23NO2. The van der Waals surface area contributed by atoms with Gasteiger partial charge in [0.05, 0.1) is 12.0 Å². The van der Waals surface area contributed by atoms with Gasteiger partial charge in [0.15, 0.2) is 0 Å². The van der Waals surface area contributed by atoms with E-state index < -0.39 is 11.5 Å². The lowest BCUT2D eigenvalue weighted by molar-refractivity contribution is -0.136. The summed E-state index contributed by atoms with van der Waals surface area (Å²) in [5.74, 6) is -0.809. The fourth-order valence-corrected chi connectivity index (χ4v) is 3.34. The fraction of sp³-hybridized carbons (Fsp3) is 0.174. The molecule has 3 rings (SSSR count). The predicted molar refractivity (Wildman–Crippen MR) is 104 cm³/mol. The van der Waals surface area contributed by atoms with Gasteiger partial charge >= 0.3 is 5.97 Å². The zero-order valence-electron chi connectivity index (χ0n) is 14.9. The number of nitrogens with one attached hydrogen (secondary N) is 1. The second kappa shape index (κ2) is 7.98. The summed E-state index contributed by atoms with van der Waals surface area (Å²) >= 11 is 0. The molecule has 132 valence electrons. The molecule has 3 nitrogen and oxygen atoms in total. The third-order valence-corrected chi connectivity index (χ3v) is 4.63. The van der Waals surface area contributed by atoms with E-state index in [0.29, 0.717) is 6.54 Å². The van der Waals surface area contributed by atoms with Crippen LogP contribution in [0, 0.1) is 6.92 Å². The lowest BCUT2D eigenvalue weighted by atomic mass is 9.76. The minimum atomic E-state index is -0.809. The van der Waals surface area contributed by atoms with Gasteiger partial charge in [-0.15, -0.1) is 0 Å². The van der Waals surface area contributed by atoms with E-state index >= 15 is 0 Å². The highest BCUT2D eigenvalue weighted by molar-refractivity contribution is 5.67. The van der Waals surface area contributed by atoms with Crippen LogP contribution in [0.15, 0.2) is 84.9 Å². The Kier molecular flexibility index (Phi) is 5.49. The van der Waals surface area contributed by atoms with E-state index in [-0.39, 0.29) is 6.42 Å². The number of carbonyl (C=O) groups is 1. The number of hydrogen-bond acceptors (Lipinski definition) is 2. The van der Waals surface area contributed by atoms with E-state index in [9.17, 15) is 4.79 Å². The highest BCUT2D eigenvalue weighted by Gasteiger charge is 2.35. The monoisotopic (exact) mass is 345 g/mol. The number of aliphatic carboxylic acids is 1. The number of hydrogen-bond donors (Lipinski definition) is 2. The minimum absolute atomic E-state index is 0.0628. The first-order valence-corrected chi connectivity index (χ1v) is 8.78. The van der Waals surface area contributed by atoms with E-state index in [1.807, 2.05) is 36.4 Å². The van der Waals surface area contributed by atoms with Crippen LogP contribution in [0.5, 0.6) is 0 Å². The van der Waals surface area contributed by atoms with Gasteiger partial charge in [-0.3, -0.25) is 10.1 Å². The van der Waals surface area contributed by atoms with Crippen molar-refractivity contribution in [1.82, 2.24) is 5.32 Å². The summed E-state index contributed by atoms with van der Waals surface area (Å²) in [5, 5.41) is 12.7. The van der Waals surface area contributed by atoms with E-state index in [4.69, 9.17) is 5.11 Å². The van der Waals surface area contributed by atoms with Gasteiger partial charge in [0.25, 0.3) is 0 Å². The van der Waals surface area contributed by atoms with Crippen molar-refractivity contribution >= 4 is 5.97 Å². The molecule has 0 saturated carbocycles. The van der Waals surface area contributed by atoms with E-state index in [1.165, 1.54) is 5.56 Å². The molecule has 0 heterocycles. The number of rotatable bonds is 7. The normalized spacial score (nSPS) is 11.3. The second-order valence-electron chi connectivity index (χ2n) is 6.42. The van der Waals surface area contributed by atoms with Gasteiger partial charge in [-0.1, -0.05) is 90.5 Å². The van der Waals surface area contributed by atoms with Crippen molar-refractivity contribution in [1.29, 1.82) is 0 Å². The van der Waals surface area contributed by atoms with Crippen LogP contribution in [0.2, 0.25) is 0 Å². The molecule has 0 aromatic heterocycles. The van der Waals surface area contributed by atoms with Crippen molar-refractivity contribution < 1.29 is 9.90 Å². The smallest absolute Gasteiger partial charge is 0.304 e. The standard InChI is InChI=1S/C23H23NO2/c1-18-12-14-21(15-13-18)23(24-17-16-22(25)26,19-8-4-2-5-9-19)20-10-6-3-7-11-20/h2-15,24H,16-17H2,1H3,(H,25,26). The Labute approximate surface area is 154 Å². The molecule has 2 N–H and O–H groups in total. The predicted octanol–water partition coefficient (Wildman–Crippen LogP) is 4.35. The summed E-state index contributed by atoms with van der Waals surface area (Å²) in [6, 6.07) is 28.8. The molecule has 3 aromatic carbocycles. The molecule has 0 spiro atoms. The number of benzene rings is 3. The molecule has 3 heteroatoms. The molecule has 0 atom stereocenters. The van der Waals surface area contributed by atoms with E-state index in [0.717, 1.165) is 16.7 Å². The Morgan fingerprint density at radius 3 is 1.73 bits per heavy atom. The van der Waals surface area contributed by atoms with E-state index in [1.54, 1.807) is 0 Å². The SMILES string of the molecule is Cc1ccc(C(NCCC(=O)O)(c2ccccc2)c2ccccc2)cc1. The van der Waals surface area contributed by atoms with Crippen molar-refractivity contribution in [2.75, 3.05) is 6.54 Å². The Morgan fingerprint density at radius 1 is 0.808 bits per heavy atom. The van der Waals surface area contributed by atoms with Crippen molar-refractivity contribution in [2.24, 2.45) is 0 Å². The van der Waals surface area contributed by atoms with Crippen molar-refractivity contribution in [3.63, 3.8) is 0 Å². The number of carboxylic acid groups (broad SMARTS) is 1. The maximum absolute atomic E-state index is 11.1. The Morgan fingerprint density at radius 2 is 1.27 bits per heavy atom. The lowest BCUT2D eigenvalue weighted by Crippen LogP contribution is -2.45. The summed E-state index contributed by atoms with van der Waals surface area (Å²) in [7, 11) is 0. The van der Waals surface area contributed by atoms with Crippen LogP contribution in [0.3, 0.4) is 0 Å². The van der Waals surface area contributed by atoms with Gasteiger partial charge in [-0.2, -0.15) is 0 Å². The molecular weight excluding hydrogens is 322 g/mol. The Hall–Kier alpha value is -2.91. The fourth-order valence-electron chi connectivity index (χ4n) is 3.34. The van der Waals surface area contributed by atoms with Gasteiger partial charge in [0.1, 0.15) is 0 Å². The second-order valence-corrected chi connectivity index (χ2v) is 6.42. The molecule has 3 aromatic rings. The van der Waals surface area contributed by atoms with Crippen LogP contribution in [0.4, 0.5) is 0 Å². The molecule has 0 fully saturated rings. The van der Waals surface area contributed by atoms with Gasteiger partial charge in [0.2, 0.25) is 0 Å². The highest BCUT2D eigenvalue weighted by Crippen LogP contribution is 2.36. The Bertz CT molecular complexity index is 803. The molecule has 0 saturated heterocycles. The number of carboxylic acids is 1. The number of aryl methyl sites for hydroxylation is 1. The molecule has 26 heavy (non-hydrogen) atoms. The highest BCUT2D eigenvalue weighted by atomic mass is 16.4. The van der Waals surface area contributed by atoms with Crippen molar-refractivity contribution in [3.8, 4) is 0 Å². The third-order valence-electron chi connectivity index (χ3n) is 4.63. The maximum atomic E-state index is 11.1.